The van der Waals surface area contributed by atoms with E-state index in [-0.39, 0.29) is 48.5 Å². The molecule has 42 heavy (non-hydrogen) atoms. The maximum Gasteiger partial charge on any atom is 0.412 e. The molecule has 0 saturated carbocycles. The van der Waals surface area contributed by atoms with E-state index in [4.69, 9.17) is 24.7 Å². The zero-order valence-electron chi connectivity index (χ0n) is 24.5. The van der Waals surface area contributed by atoms with Gasteiger partial charge in [-0.3, -0.25) is 4.90 Å². The second kappa shape index (κ2) is 12.0. The Hall–Kier alpha value is -2.90. The minimum absolute atomic E-state index is 0.0103. The number of nitrogen functional groups attached to an aromatic ring is 1. The van der Waals surface area contributed by atoms with Crippen molar-refractivity contribution in [2.45, 2.75) is 75.7 Å². The molecule has 5 atom stereocenters. The molecule has 5 rings (SSSR count). The minimum atomic E-state index is -3.94. The number of amides is 1. The molecule has 3 N–H and O–H groups in total. The van der Waals surface area contributed by atoms with Gasteiger partial charge >= 0.3 is 6.09 Å². The van der Waals surface area contributed by atoms with Crippen LogP contribution in [0.2, 0.25) is 0 Å². The Kier molecular flexibility index (Phi) is 8.73. The van der Waals surface area contributed by atoms with Gasteiger partial charge in [-0.2, -0.15) is 4.31 Å². The highest BCUT2D eigenvalue weighted by atomic mass is 32.2. The van der Waals surface area contributed by atoms with Crippen molar-refractivity contribution < 1.29 is 37.3 Å². The van der Waals surface area contributed by atoms with Gasteiger partial charge in [0.1, 0.15) is 17.6 Å². The normalized spacial score (nSPS) is 27.1. The van der Waals surface area contributed by atoms with E-state index in [1.807, 2.05) is 13.8 Å². The van der Waals surface area contributed by atoms with Gasteiger partial charge in [0.15, 0.2) is 6.29 Å². The number of sulfonamides is 1. The van der Waals surface area contributed by atoms with Gasteiger partial charge in [0.05, 0.1) is 36.2 Å². The van der Waals surface area contributed by atoms with Crippen molar-refractivity contribution in [3.8, 4) is 5.75 Å². The molecule has 3 saturated heterocycles. The summed E-state index contributed by atoms with van der Waals surface area (Å²) in [6.45, 7) is 8.52. The number of carbonyl (C=O) groups is 1. The molecule has 2 unspecified atom stereocenters. The van der Waals surface area contributed by atoms with Gasteiger partial charge in [-0.05, 0) is 68.5 Å². The highest BCUT2D eigenvalue weighted by Gasteiger charge is 2.53. The maximum atomic E-state index is 13.9. The SMILES string of the molecule is CC(C)CN(C[C@H]1OC(C)(C)N(C(=O)O[C@@H]2COC3OCCC32)[C@H]1Cc1ccc(O)cc1)S(=O)(=O)c1cccc(N)c1. The predicted molar refractivity (Wildman–Crippen MR) is 155 cm³/mol. The van der Waals surface area contributed by atoms with E-state index in [9.17, 15) is 18.3 Å². The minimum Gasteiger partial charge on any atom is -0.508 e. The standard InChI is InChI=1S/C30H41N3O8S/c1-19(2)16-32(42(36,37)23-7-5-6-21(31)15-23)17-26-25(14-20-8-10-22(34)11-9-20)33(30(3,4)41-26)29(35)40-27-18-39-28-24(27)12-13-38-28/h5-11,15,19,24-28,34H,12-14,16-18,31H2,1-4H3/t24?,25-,26+,27+,28?/m0/s1. The van der Waals surface area contributed by atoms with Crippen molar-refractivity contribution in [2.75, 3.05) is 32.0 Å². The molecule has 3 heterocycles. The van der Waals surface area contributed by atoms with Crippen molar-refractivity contribution in [3.63, 3.8) is 0 Å². The van der Waals surface area contributed by atoms with Crippen LogP contribution in [-0.2, 0) is 35.4 Å². The van der Waals surface area contributed by atoms with Crippen LogP contribution in [0.3, 0.4) is 0 Å². The number of carbonyl (C=O) groups excluding carboxylic acids is 1. The molecule has 230 valence electrons. The number of hydrogen-bond acceptors (Lipinski definition) is 9. The molecular formula is C30H41N3O8S. The number of anilines is 1. The molecule has 0 bridgehead atoms. The number of benzene rings is 2. The fourth-order valence-corrected chi connectivity index (χ4v) is 7.79. The summed E-state index contributed by atoms with van der Waals surface area (Å²) in [5.74, 6) is 0.119. The molecule has 0 radical (unpaired) electrons. The van der Waals surface area contributed by atoms with E-state index in [0.717, 1.165) is 12.0 Å². The monoisotopic (exact) mass is 603 g/mol. The molecule has 3 aliphatic heterocycles. The van der Waals surface area contributed by atoms with E-state index in [0.29, 0.717) is 18.7 Å². The third-order valence-electron chi connectivity index (χ3n) is 8.04. The average Bonchev–Trinajstić information content (AvgIpc) is 3.59. The number of fused-ring (bicyclic) bond motifs is 1. The molecule has 3 aliphatic rings. The lowest BCUT2D eigenvalue weighted by molar-refractivity contribution is -0.0911. The fraction of sp³-hybridized carbons (Fsp3) is 0.567. The molecule has 0 spiro atoms. The first-order chi connectivity index (χ1) is 19.8. The molecule has 3 fully saturated rings. The molecular weight excluding hydrogens is 562 g/mol. The van der Waals surface area contributed by atoms with Crippen molar-refractivity contribution in [3.05, 3.63) is 54.1 Å². The van der Waals surface area contributed by atoms with Crippen molar-refractivity contribution in [2.24, 2.45) is 11.8 Å². The summed E-state index contributed by atoms with van der Waals surface area (Å²) >= 11 is 0. The lowest BCUT2D eigenvalue weighted by Crippen LogP contribution is -2.51. The predicted octanol–water partition coefficient (Wildman–Crippen LogP) is 3.57. The molecule has 2 aromatic carbocycles. The molecule has 2 aromatic rings. The summed E-state index contributed by atoms with van der Waals surface area (Å²) in [5, 5.41) is 9.83. The number of nitrogens with zero attached hydrogens (tertiary/aromatic N) is 2. The van der Waals surface area contributed by atoms with Crippen LogP contribution in [0.4, 0.5) is 10.5 Å². The number of hydrogen-bond donors (Lipinski definition) is 2. The first-order valence-corrected chi connectivity index (χ1v) is 15.8. The number of phenolic OH excluding ortho intramolecular Hbond substituents is 1. The molecule has 1 amide bonds. The topological polar surface area (TPSA) is 141 Å². The van der Waals surface area contributed by atoms with Crippen LogP contribution >= 0.6 is 0 Å². The summed E-state index contributed by atoms with van der Waals surface area (Å²) in [6.07, 6.45) is -0.953. The summed E-state index contributed by atoms with van der Waals surface area (Å²) in [4.78, 5) is 15.5. The van der Waals surface area contributed by atoms with E-state index in [2.05, 4.69) is 0 Å². The third-order valence-corrected chi connectivity index (χ3v) is 9.87. The summed E-state index contributed by atoms with van der Waals surface area (Å²) in [7, 11) is -3.94. The lowest BCUT2D eigenvalue weighted by atomic mass is 9.99. The van der Waals surface area contributed by atoms with Crippen LogP contribution < -0.4 is 5.73 Å². The largest absolute Gasteiger partial charge is 0.508 e. The Morgan fingerprint density at radius 3 is 2.62 bits per heavy atom. The van der Waals surface area contributed by atoms with Crippen molar-refractivity contribution in [1.82, 2.24) is 9.21 Å². The third kappa shape index (κ3) is 6.37. The van der Waals surface area contributed by atoms with Crippen LogP contribution in [0.15, 0.2) is 53.4 Å². The maximum absolute atomic E-state index is 13.9. The summed E-state index contributed by atoms with van der Waals surface area (Å²) in [6, 6.07) is 12.4. The van der Waals surface area contributed by atoms with Crippen molar-refractivity contribution in [1.29, 1.82) is 0 Å². The second-order valence-electron chi connectivity index (χ2n) is 12.1. The number of aromatic hydroxyl groups is 1. The quantitative estimate of drug-likeness (QED) is 0.412. The first-order valence-electron chi connectivity index (χ1n) is 14.4. The second-order valence-corrected chi connectivity index (χ2v) is 14.1. The Morgan fingerprint density at radius 2 is 1.93 bits per heavy atom. The van der Waals surface area contributed by atoms with E-state index < -0.39 is 40.1 Å². The van der Waals surface area contributed by atoms with Gasteiger partial charge in [0.25, 0.3) is 0 Å². The highest BCUT2D eigenvalue weighted by molar-refractivity contribution is 7.89. The van der Waals surface area contributed by atoms with Crippen LogP contribution in [-0.4, -0.2) is 85.4 Å². The fourth-order valence-electron chi connectivity index (χ4n) is 6.12. The summed E-state index contributed by atoms with van der Waals surface area (Å²) in [5.41, 5.74) is 6.03. The Balaban J connectivity index is 1.46. The summed E-state index contributed by atoms with van der Waals surface area (Å²) < 4.78 is 53.0. The number of nitrogens with two attached hydrogens (primary N) is 1. The molecule has 11 nitrogen and oxygen atoms in total. The number of phenols is 1. The lowest BCUT2D eigenvalue weighted by Gasteiger charge is -2.34. The molecule has 12 heteroatoms. The molecule has 0 aromatic heterocycles. The highest BCUT2D eigenvalue weighted by Crippen LogP contribution is 2.38. The van der Waals surface area contributed by atoms with Gasteiger partial charge in [0.2, 0.25) is 10.0 Å². The average molecular weight is 604 g/mol. The first kappa shape index (κ1) is 30.6. The smallest absolute Gasteiger partial charge is 0.412 e. The van der Waals surface area contributed by atoms with Gasteiger partial charge in [-0.1, -0.05) is 32.0 Å². The van der Waals surface area contributed by atoms with Gasteiger partial charge in [-0.15, -0.1) is 0 Å². The number of ether oxygens (including phenoxy) is 4. The van der Waals surface area contributed by atoms with Crippen molar-refractivity contribution >= 4 is 21.8 Å². The van der Waals surface area contributed by atoms with E-state index >= 15 is 0 Å². The van der Waals surface area contributed by atoms with Crippen LogP contribution in [0.1, 0.15) is 39.7 Å². The van der Waals surface area contributed by atoms with Gasteiger partial charge < -0.3 is 29.8 Å². The van der Waals surface area contributed by atoms with E-state index in [1.165, 1.54) is 16.4 Å². The van der Waals surface area contributed by atoms with Crippen LogP contribution in [0.25, 0.3) is 0 Å². The zero-order valence-corrected chi connectivity index (χ0v) is 25.3. The Labute approximate surface area is 247 Å². The Bertz CT molecular complexity index is 1370. The van der Waals surface area contributed by atoms with E-state index in [1.54, 1.807) is 55.1 Å². The number of rotatable bonds is 9. The zero-order chi connectivity index (χ0) is 30.2. The van der Waals surface area contributed by atoms with Crippen LogP contribution in [0.5, 0.6) is 5.75 Å². The molecule has 0 aliphatic carbocycles. The Morgan fingerprint density at radius 1 is 1.19 bits per heavy atom. The van der Waals surface area contributed by atoms with Crippen LogP contribution in [0, 0.1) is 11.8 Å². The van der Waals surface area contributed by atoms with Gasteiger partial charge in [0, 0.05) is 18.8 Å². The van der Waals surface area contributed by atoms with Gasteiger partial charge in [-0.25, -0.2) is 13.2 Å².